The van der Waals surface area contributed by atoms with Crippen LogP contribution in [0.15, 0.2) is 48.5 Å². The van der Waals surface area contributed by atoms with Crippen LogP contribution in [0.1, 0.15) is 38.3 Å². The summed E-state index contributed by atoms with van der Waals surface area (Å²) in [6.07, 6.45) is 0.956. The zero-order valence-electron chi connectivity index (χ0n) is 16.0. The van der Waals surface area contributed by atoms with Crippen LogP contribution in [0.4, 0.5) is 0 Å². The van der Waals surface area contributed by atoms with E-state index in [4.69, 9.17) is 4.74 Å². The van der Waals surface area contributed by atoms with E-state index in [1.54, 1.807) is 24.3 Å². The van der Waals surface area contributed by atoms with Gasteiger partial charge >= 0.3 is 5.97 Å². The van der Waals surface area contributed by atoms with Crippen molar-refractivity contribution in [2.24, 2.45) is 0 Å². The molecule has 0 N–H and O–H groups in total. The van der Waals surface area contributed by atoms with Gasteiger partial charge in [-0.1, -0.05) is 24.3 Å². The van der Waals surface area contributed by atoms with Gasteiger partial charge in [0.25, 0.3) is 5.91 Å². The molecule has 2 aromatic rings. The number of aryl methyl sites for hydroxylation is 1. The Kier molecular flexibility index (Phi) is 6.24. The number of hydrogen-bond donors (Lipinski definition) is 0. The van der Waals surface area contributed by atoms with Gasteiger partial charge in [-0.15, -0.1) is 0 Å². The van der Waals surface area contributed by atoms with Gasteiger partial charge in [0.1, 0.15) is 0 Å². The number of methoxy groups -OCH3 is 1. The summed E-state index contributed by atoms with van der Waals surface area (Å²) in [6, 6.07) is 15.1. The van der Waals surface area contributed by atoms with Gasteiger partial charge in [0.15, 0.2) is 0 Å². The molecule has 0 atom stereocenters. The Labute approximate surface area is 160 Å². The second-order valence-electron chi connectivity index (χ2n) is 6.92. The van der Waals surface area contributed by atoms with Crippen LogP contribution in [-0.2, 0) is 11.3 Å². The molecule has 3 rings (SSSR count). The van der Waals surface area contributed by atoms with Crippen LogP contribution < -0.4 is 0 Å². The molecule has 1 aliphatic rings. The number of ether oxygens (including phenoxy) is 1. The van der Waals surface area contributed by atoms with E-state index in [0.29, 0.717) is 17.7 Å². The number of carbonyl (C=O) groups excluding carboxylic acids is 2. The fourth-order valence-electron chi connectivity index (χ4n) is 3.41. The highest BCUT2D eigenvalue weighted by molar-refractivity contribution is 5.96. The van der Waals surface area contributed by atoms with Crippen LogP contribution in [0.3, 0.4) is 0 Å². The first-order valence-corrected chi connectivity index (χ1v) is 9.33. The smallest absolute Gasteiger partial charge is 0.337 e. The predicted octanol–water partition coefficient (Wildman–Crippen LogP) is 3.13. The van der Waals surface area contributed by atoms with Crippen molar-refractivity contribution in [2.45, 2.75) is 19.9 Å². The highest BCUT2D eigenvalue weighted by Crippen LogP contribution is 2.15. The maximum Gasteiger partial charge on any atom is 0.337 e. The largest absolute Gasteiger partial charge is 0.465 e. The Hall–Kier alpha value is -2.66. The van der Waals surface area contributed by atoms with Gasteiger partial charge in [0, 0.05) is 38.3 Å². The third-order valence-electron chi connectivity index (χ3n) is 5.08. The molecular formula is C22H26N2O3. The molecule has 0 radical (unpaired) electrons. The van der Waals surface area contributed by atoms with E-state index in [-0.39, 0.29) is 5.91 Å². The number of nitrogens with zero attached hydrogens (tertiary/aromatic N) is 2. The topological polar surface area (TPSA) is 49.9 Å². The van der Waals surface area contributed by atoms with E-state index in [2.05, 4.69) is 36.1 Å². The number of carbonyl (C=O) groups is 2. The standard InChI is InChI=1S/C22H26N2O3/c1-17-6-3-4-7-20(17)16-23-12-5-13-24(15-14-23)21(25)18-8-10-19(11-9-18)22(26)27-2/h3-4,6-11H,5,12-16H2,1-2H3. The summed E-state index contributed by atoms with van der Waals surface area (Å²) in [5.74, 6) is -0.375. The molecule has 5 nitrogen and oxygen atoms in total. The fourth-order valence-corrected chi connectivity index (χ4v) is 3.41. The van der Waals surface area contributed by atoms with Gasteiger partial charge in [-0.2, -0.15) is 0 Å². The molecule has 5 heteroatoms. The fraction of sp³-hybridized carbons (Fsp3) is 0.364. The summed E-state index contributed by atoms with van der Waals surface area (Å²) in [4.78, 5) is 28.7. The first-order valence-electron chi connectivity index (χ1n) is 9.33. The lowest BCUT2D eigenvalue weighted by Gasteiger charge is -2.22. The molecule has 142 valence electrons. The van der Waals surface area contributed by atoms with Crippen molar-refractivity contribution in [1.29, 1.82) is 0 Å². The lowest BCUT2D eigenvalue weighted by Crippen LogP contribution is -2.35. The molecule has 1 amide bonds. The number of rotatable bonds is 4. The van der Waals surface area contributed by atoms with Crippen LogP contribution in [0, 0.1) is 6.92 Å². The maximum absolute atomic E-state index is 12.8. The number of esters is 1. The van der Waals surface area contributed by atoms with Gasteiger partial charge in [-0.3, -0.25) is 9.69 Å². The van der Waals surface area contributed by atoms with Crippen LogP contribution >= 0.6 is 0 Å². The molecule has 1 aliphatic heterocycles. The van der Waals surface area contributed by atoms with Crippen LogP contribution in [0.25, 0.3) is 0 Å². The van der Waals surface area contributed by atoms with Crippen molar-refractivity contribution < 1.29 is 14.3 Å². The Balaban J connectivity index is 1.61. The Morgan fingerprint density at radius 3 is 2.33 bits per heavy atom. The minimum atomic E-state index is -0.393. The Morgan fingerprint density at radius 2 is 1.63 bits per heavy atom. The molecule has 0 unspecified atom stereocenters. The first-order chi connectivity index (χ1) is 13.1. The summed E-state index contributed by atoms with van der Waals surface area (Å²) in [5.41, 5.74) is 3.71. The zero-order chi connectivity index (χ0) is 19.2. The van der Waals surface area contributed by atoms with Crippen LogP contribution in [0.5, 0.6) is 0 Å². The van der Waals surface area contributed by atoms with Gasteiger partial charge in [-0.05, 0) is 48.7 Å². The van der Waals surface area contributed by atoms with E-state index < -0.39 is 5.97 Å². The molecular weight excluding hydrogens is 340 g/mol. The van der Waals surface area contributed by atoms with Crippen LogP contribution in [-0.4, -0.2) is 55.0 Å². The van der Waals surface area contributed by atoms with Gasteiger partial charge in [0.05, 0.1) is 12.7 Å². The summed E-state index contributed by atoms with van der Waals surface area (Å²) in [7, 11) is 1.35. The quantitative estimate of drug-likeness (QED) is 0.780. The molecule has 1 heterocycles. The molecule has 0 bridgehead atoms. The van der Waals surface area contributed by atoms with Crippen molar-refractivity contribution in [1.82, 2.24) is 9.80 Å². The van der Waals surface area contributed by atoms with Gasteiger partial charge in [-0.25, -0.2) is 4.79 Å². The number of hydrogen-bond acceptors (Lipinski definition) is 4. The second kappa shape index (κ2) is 8.82. The molecule has 0 saturated carbocycles. The van der Waals surface area contributed by atoms with Gasteiger partial charge < -0.3 is 9.64 Å². The molecule has 0 aliphatic carbocycles. The van der Waals surface area contributed by atoms with Crippen molar-refractivity contribution >= 4 is 11.9 Å². The van der Waals surface area contributed by atoms with E-state index in [1.807, 2.05) is 4.90 Å². The predicted molar refractivity (Wildman–Crippen MR) is 105 cm³/mol. The average molecular weight is 366 g/mol. The number of amides is 1. The van der Waals surface area contributed by atoms with Crippen molar-refractivity contribution in [2.75, 3.05) is 33.3 Å². The van der Waals surface area contributed by atoms with Crippen molar-refractivity contribution in [3.05, 3.63) is 70.8 Å². The highest BCUT2D eigenvalue weighted by Gasteiger charge is 2.21. The zero-order valence-corrected chi connectivity index (χ0v) is 16.0. The monoisotopic (exact) mass is 366 g/mol. The summed E-state index contributed by atoms with van der Waals surface area (Å²) < 4.78 is 4.70. The third kappa shape index (κ3) is 4.74. The third-order valence-corrected chi connectivity index (χ3v) is 5.08. The second-order valence-corrected chi connectivity index (χ2v) is 6.92. The van der Waals surface area contributed by atoms with Crippen molar-refractivity contribution in [3.63, 3.8) is 0 Å². The number of benzene rings is 2. The van der Waals surface area contributed by atoms with E-state index in [0.717, 1.165) is 32.6 Å². The molecule has 1 saturated heterocycles. The van der Waals surface area contributed by atoms with E-state index in [9.17, 15) is 9.59 Å². The Bertz CT molecular complexity index is 801. The lowest BCUT2D eigenvalue weighted by molar-refractivity contribution is 0.0599. The molecule has 0 aromatic heterocycles. The Morgan fingerprint density at radius 1 is 0.926 bits per heavy atom. The molecule has 1 fully saturated rings. The van der Waals surface area contributed by atoms with Crippen molar-refractivity contribution in [3.8, 4) is 0 Å². The molecule has 27 heavy (non-hydrogen) atoms. The summed E-state index contributed by atoms with van der Waals surface area (Å²) in [6.45, 7) is 6.37. The normalized spacial score (nSPS) is 15.3. The first kappa shape index (κ1) is 19.1. The SMILES string of the molecule is COC(=O)c1ccc(C(=O)N2CCCN(Cc3ccccc3C)CC2)cc1. The highest BCUT2D eigenvalue weighted by atomic mass is 16.5. The summed E-state index contributed by atoms with van der Waals surface area (Å²) >= 11 is 0. The summed E-state index contributed by atoms with van der Waals surface area (Å²) in [5, 5.41) is 0. The maximum atomic E-state index is 12.8. The average Bonchev–Trinajstić information content (AvgIpc) is 2.94. The minimum Gasteiger partial charge on any atom is -0.465 e. The van der Waals surface area contributed by atoms with E-state index in [1.165, 1.54) is 18.2 Å². The lowest BCUT2D eigenvalue weighted by atomic mass is 10.1. The van der Waals surface area contributed by atoms with Gasteiger partial charge in [0.2, 0.25) is 0 Å². The van der Waals surface area contributed by atoms with E-state index >= 15 is 0 Å². The van der Waals surface area contributed by atoms with Crippen LogP contribution in [0.2, 0.25) is 0 Å². The minimum absolute atomic E-state index is 0.0177. The molecule has 2 aromatic carbocycles. The molecule has 0 spiro atoms.